The molecule has 3 aromatic rings. The lowest BCUT2D eigenvalue weighted by Crippen LogP contribution is -2.03. The highest BCUT2D eigenvalue weighted by molar-refractivity contribution is 5.94. The van der Waals surface area contributed by atoms with E-state index in [2.05, 4.69) is 35.6 Å². The first kappa shape index (κ1) is 11.1. The standard InChI is InChI=1S/C16H15NO/c1-17-10-13-11-18-16-14(8-5-9-15(13)16)12-6-3-2-4-7-12/h2-9,11,17H,10H2,1H3. The van der Waals surface area contributed by atoms with E-state index in [1.807, 2.05) is 31.5 Å². The lowest BCUT2D eigenvalue weighted by atomic mass is 10.0. The van der Waals surface area contributed by atoms with Crippen LogP contribution in [0.4, 0.5) is 0 Å². The molecule has 0 amide bonds. The van der Waals surface area contributed by atoms with Gasteiger partial charge in [-0.05, 0) is 12.6 Å². The van der Waals surface area contributed by atoms with E-state index in [0.717, 1.165) is 17.7 Å². The average molecular weight is 237 g/mol. The van der Waals surface area contributed by atoms with E-state index in [-0.39, 0.29) is 0 Å². The second-order valence-corrected chi connectivity index (χ2v) is 4.34. The summed E-state index contributed by atoms with van der Waals surface area (Å²) in [4.78, 5) is 0. The SMILES string of the molecule is CNCc1coc2c(-c3ccccc3)cccc12. The molecule has 1 heterocycles. The highest BCUT2D eigenvalue weighted by Crippen LogP contribution is 2.31. The second-order valence-electron chi connectivity index (χ2n) is 4.34. The maximum atomic E-state index is 5.75. The summed E-state index contributed by atoms with van der Waals surface area (Å²) < 4.78 is 5.75. The van der Waals surface area contributed by atoms with E-state index in [1.165, 1.54) is 16.5 Å². The summed E-state index contributed by atoms with van der Waals surface area (Å²) in [7, 11) is 1.94. The maximum Gasteiger partial charge on any atom is 0.142 e. The first-order valence-corrected chi connectivity index (χ1v) is 6.09. The predicted octanol–water partition coefficient (Wildman–Crippen LogP) is 3.82. The van der Waals surface area contributed by atoms with Crippen LogP contribution >= 0.6 is 0 Å². The molecule has 2 nitrogen and oxygen atoms in total. The molecule has 18 heavy (non-hydrogen) atoms. The molecule has 2 heteroatoms. The molecule has 3 rings (SSSR count). The summed E-state index contributed by atoms with van der Waals surface area (Å²) in [5.41, 5.74) is 4.50. The molecule has 0 aliphatic rings. The van der Waals surface area contributed by atoms with E-state index in [4.69, 9.17) is 4.42 Å². The molecule has 1 N–H and O–H groups in total. The van der Waals surface area contributed by atoms with Gasteiger partial charge in [0.1, 0.15) is 5.58 Å². The molecule has 0 spiro atoms. The summed E-state index contributed by atoms with van der Waals surface area (Å²) in [6.07, 6.45) is 1.84. The molecule has 0 radical (unpaired) electrons. The van der Waals surface area contributed by atoms with E-state index in [9.17, 15) is 0 Å². The third kappa shape index (κ3) is 1.81. The number of nitrogens with one attached hydrogen (secondary N) is 1. The van der Waals surface area contributed by atoms with Crippen molar-refractivity contribution in [3.05, 3.63) is 60.4 Å². The Balaban J connectivity index is 2.19. The molecule has 2 aromatic carbocycles. The van der Waals surface area contributed by atoms with Gasteiger partial charge in [0.25, 0.3) is 0 Å². The van der Waals surface area contributed by atoms with Crippen molar-refractivity contribution in [3.8, 4) is 11.1 Å². The van der Waals surface area contributed by atoms with Gasteiger partial charge >= 0.3 is 0 Å². The summed E-state index contributed by atoms with van der Waals surface area (Å²) in [5.74, 6) is 0. The second kappa shape index (κ2) is 4.67. The van der Waals surface area contributed by atoms with Gasteiger partial charge in [0.15, 0.2) is 0 Å². The van der Waals surface area contributed by atoms with Gasteiger partial charge in [-0.3, -0.25) is 0 Å². The zero-order chi connectivity index (χ0) is 12.4. The largest absolute Gasteiger partial charge is 0.463 e. The van der Waals surface area contributed by atoms with Crippen molar-refractivity contribution < 1.29 is 4.42 Å². The number of para-hydroxylation sites is 1. The van der Waals surface area contributed by atoms with Gasteiger partial charge in [-0.2, -0.15) is 0 Å². The van der Waals surface area contributed by atoms with Gasteiger partial charge in [0.2, 0.25) is 0 Å². The number of hydrogen-bond acceptors (Lipinski definition) is 2. The van der Waals surface area contributed by atoms with Crippen LogP contribution in [0.1, 0.15) is 5.56 Å². The molecule has 0 saturated heterocycles. The molecule has 0 fully saturated rings. The predicted molar refractivity (Wildman–Crippen MR) is 74.4 cm³/mol. The van der Waals surface area contributed by atoms with Crippen LogP contribution in [0, 0.1) is 0 Å². The van der Waals surface area contributed by atoms with Crippen molar-refractivity contribution in [2.24, 2.45) is 0 Å². The van der Waals surface area contributed by atoms with Crippen molar-refractivity contribution >= 4 is 11.0 Å². The molecule has 0 aliphatic carbocycles. The van der Waals surface area contributed by atoms with Crippen LogP contribution in [0.15, 0.2) is 59.2 Å². The summed E-state index contributed by atoms with van der Waals surface area (Å²) in [6, 6.07) is 16.6. The van der Waals surface area contributed by atoms with Crippen molar-refractivity contribution in [2.75, 3.05) is 7.05 Å². The molecule has 0 bridgehead atoms. The van der Waals surface area contributed by atoms with Gasteiger partial charge < -0.3 is 9.73 Å². The van der Waals surface area contributed by atoms with Crippen molar-refractivity contribution in [3.63, 3.8) is 0 Å². The van der Waals surface area contributed by atoms with Crippen LogP contribution in [0.25, 0.3) is 22.1 Å². The Hall–Kier alpha value is -2.06. The van der Waals surface area contributed by atoms with Crippen molar-refractivity contribution in [2.45, 2.75) is 6.54 Å². The Morgan fingerprint density at radius 1 is 1.00 bits per heavy atom. The van der Waals surface area contributed by atoms with E-state index >= 15 is 0 Å². The van der Waals surface area contributed by atoms with Gasteiger partial charge in [-0.15, -0.1) is 0 Å². The number of benzene rings is 2. The maximum absolute atomic E-state index is 5.75. The smallest absolute Gasteiger partial charge is 0.142 e. The number of hydrogen-bond donors (Lipinski definition) is 1. The van der Waals surface area contributed by atoms with Gasteiger partial charge in [0.05, 0.1) is 6.26 Å². The monoisotopic (exact) mass is 237 g/mol. The molecule has 90 valence electrons. The number of rotatable bonds is 3. The Labute approximate surface area is 106 Å². The quantitative estimate of drug-likeness (QED) is 0.749. The Kier molecular flexibility index (Phi) is 2.87. The van der Waals surface area contributed by atoms with Gasteiger partial charge in [-0.25, -0.2) is 0 Å². The Morgan fingerprint density at radius 2 is 1.83 bits per heavy atom. The van der Waals surface area contributed by atoms with E-state index < -0.39 is 0 Å². The lowest BCUT2D eigenvalue weighted by molar-refractivity contribution is 0.608. The highest BCUT2D eigenvalue weighted by atomic mass is 16.3. The number of furan rings is 1. The molecular weight excluding hydrogens is 222 g/mol. The Morgan fingerprint density at radius 3 is 2.61 bits per heavy atom. The third-order valence-corrected chi connectivity index (χ3v) is 3.13. The minimum Gasteiger partial charge on any atom is -0.463 e. The zero-order valence-electron chi connectivity index (χ0n) is 10.3. The molecular formula is C16H15NO. The third-order valence-electron chi connectivity index (χ3n) is 3.13. The lowest BCUT2D eigenvalue weighted by Gasteiger charge is -2.02. The van der Waals surface area contributed by atoms with Crippen LogP contribution < -0.4 is 5.32 Å². The van der Waals surface area contributed by atoms with Crippen LogP contribution in [0.2, 0.25) is 0 Å². The summed E-state index contributed by atoms with van der Waals surface area (Å²) in [6.45, 7) is 0.825. The zero-order valence-corrected chi connectivity index (χ0v) is 10.3. The van der Waals surface area contributed by atoms with E-state index in [1.54, 1.807) is 0 Å². The highest BCUT2D eigenvalue weighted by Gasteiger charge is 2.10. The fraction of sp³-hybridized carbons (Fsp3) is 0.125. The first-order valence-electron chi connectivity index (χ1n) is 6.09. The summed E-state index contributed by atoms with van der Waals surface area (Å²) >= 11 is 0. The molecule has 0 saturated carbocycles. The normalized spacial score (nSPS) is 10.9. The summed E-state index contributed by atoms with van der Waals surface area (Å²) in [5, 5.41) is 4.35. The molecule has 0 aliphatic heterocycles. The Bertz CT molecular complexity index is 655. The van der Waals surface area contributed by atoms with Gasteiger partial charge in [0, 0.05) is 23.1 Å². The minimum atomic E-state index is 0.825. The van der Waals surface area contributed by atoms with E-state index in [0.29, 0.717) is 0 Å². The topological polar surface area (TPSA) is 25.2 Å². The fourth-order valence-electron chi connectivity index (χ4n) is 2.28. The molecule has 0 unspecified atom stereocenters. The van der Waals surface area contributed by atoms with Crippen LogP contribution in [-0.2, 0) is 6.54 Å². The van der Waals surface area contributed by atoms with Crippen LogP contribution in [0.3, 0.4) is 0 Å². The fourth-order valence-corrected chi connectivity index (χ4v) is 2.28. The van der Waals surface area contributed by atoms with Crippen molar-refractivity contribution in [1.82, 2.24) is 5.32 Å². The first-order chi connectivity index (χ1) is 8.90. The molecule has 1 aromatic heterocycles. The van der Waals surface area contributed by atoms with Crippen LogP contribution in [-0.4, -0.2) is 7.05 Å². The van der Waals surface area contributed by atoms with Crippen molar-refractivity contribution in [1.29, 1.82) is 0 Å². The molecule has 0 atom stereocenters. The minimum absolute atomic E-state index is 0.825. The average Bonchev–Trinajstić information content (AvgIpc) is 2.84. The van der Waals surface area contributed by atoms with Crippen LogP contribution in [0.5, 0.6) is 0 Å². The van der Waals surface area contributed by atoms with Gasteiger partial charge in [-0.1, -0.05) is 48.5 Å². The number of fused-ring (bicyclic) bond motifs is 1.